The Kier molecular flexibility index (Phi) is 4.17. The van der Waals surface area contributed by atoms with Gasteiger partial charge in [0.2, 0.25) is 0 Å². The summed E-state index contributed by atoms with van der Waals surface area (Å²) in [6, 6.07) is 0. The average molecular weight is 189 g/mol. The number of thiocarbonyl (C=S) groups is 1. The van der Waals surface area contributed by atoms with Gasteiger partial charge in [-0.2, -0.15) is 0 Å². The number of hydrogen-bond donors (Lipinski definition) is 1. The van der Waals surface area contributed by atoms with E-state index in [1.807, 2.05) is 20.8 Å². The fourth-order valence-corrected chi connectivity index (χ4v) is 0.583. The van der Waals surface area contributed by atoms with Crippen LogP contribution in [0, 0.1) is 0 Å². The number of rotatable bonds is 2. The van der Waals surface area contributed by atoms with Crippen molar-refractivity contribution >= 4 is 23.2 Å². The summed E-state index contributed by atoms with van der Waals surface area (Å²) < 4.78 is 4.98. The smallest absolute Gasteiger partial charge is 0.407 e. The molecule has 70 valence electrons. The molecular weight excluding hydrogens is 174 g/mol. The SMILES string of the molecule is CC(=S)CNC(=O)OC(C)(C)C. The Labute approximate surface area is 78.5 Å². The minimum atomic E-state index is -0.445. The largest absolute Gasteiger partial charge is 0.444 e. The molecule has 0 rings (SSSR count). The van der Waals surface area contributed by atoms with Crippen LogP contribution in [0.1, 0.15) is 27.7 Å². The highest BCUT2D eigenvalue weighted by atomic mass is 32.1. The highest BCUT2D eigenvalue weighted by molar-refractivity contribution is 7.80. The lowest BCUT2D eigenvalue weighted by molar-refractivity contribution is 0.0536. The zero-order chi connectivity index (χ0) is 9.78. The van der Waals surface area contributed by atoms with Gasteiger partial charge in [-0.1, -0.05) is 12.2 Å². The van der Waals surface area contributed by atoms with Crippen LogP contribution in [0.5, 0.6) is 0 Å². The van der Waals surface area contributed by atoms with E-state index < -0.39 is 11.7 Å². The number of carbonyl (C=O) groups excluding carboxylic acids is 1. The summed E-state index contributed by atoms with van der Waals surface area (Å²) in [5.41, 5.74) is -0.445. The van der Waals surface area contributed by atoms with E-state index in [4.69, 9.17) is 17.0 Å². The molecule has 0 aromatic carbocycles. The predicted octanol–water partition coefficient (Wildman–Crippen LogP) is 1.90. The van der Waals surface area contributed by atoms with Crippen LogP contribution in [-0.4, -0.2) is 23.1 Å². The summed E-state index contributed by atoms with van der Waals surface area (Å²) in [5, 5.41) is 2.54. The maximum atomic E-state index is 11.0. The first-order valence-corrected chi connectivity index (χ1v) is 4.18. The molecule has 0 unspecified atom stereocenters. The monoisotopic (exact) mass is 189 g/mol. The number of amides is 1. The molecule has 0 fully saturated rings. The number of ether oxygens (including phenoxy) is 1. The molecule has 0 spiro atoms. The summed E-state index contributed by atoms with van der Waals surface area (Å²) in [5.74, 6) is 0. The number of hydrogen-bond acceptors (Lipinski definition) is 3. The van der Waals surface area contributed by atoms with Gasteiger partial charge < -0.3 is 10.1 Å². The zero-order valence-electron chi connectivity index (χ0n) is 7.93. The number of alkyl carbamates (subject to hydrolysis) is 1. The van der Waals surface area contributed by atoms with Crippen molar-refractivity contribution in [3.05, 3.63) is 0 Å². The van der Waals surface area contributed by atoms with Crippen LogP contribution in [0.15, 0.2) is 0 Å². The summed E-state index contributed by atoms with van der Waals surface area (Å²) >= 11 is 4.78. The van der Waals surface area contributed by atoms with E-state index in [9.17, 15) is 4.79 Å². The van der Waals surface area contributed by atoms with Gasteiger partial charge in [0.05, 0.1) is 6.54 Å². The molecule has 0 aliphatic heterocycles. The molecule has 1 N–H and O–H groups in total. The lowest BCUT2D eigenvalue weighted by Gasteiger charge is -2.19. The maximum Gasteiger partial charge on any atom is 0.407 e. The zero-order valence-corrected chi connectivity index (χ0v) is 8.75. The third-order valence-electron chi connectivity index (χ3n) is 0.881. The van der Waals surface area contributed by atoms with Gasteiger partial charge >= 0.3 is 6.09 Å². The molecule has 0 aliphatic carbocycles. The summed E-state index contributed by atoms with van der Waals surface area (Å²) in [6.07, 6.45) is -0.424. The molecule has 0 heterocycles. The molecule has 0 aliphatic rings. The first kappa shape index (κ1) is 11.4. The summed E-state index contributed by atoms with van der Waals surface area (Å²) in [4.78, 5) is 11.7. The minimum Gasteiger partial charge on any atom is -0.444 e. The van der Waals surface area contributed by atoms with Gasteiger partial charge in [0, 0.05) is 4.86 Å². The standard InChI is InChI=1S/C8H15NO2S/c1-6(12)5-9-7(10)11-8(2,3)4/h5H2,1-4H3,(H,9,10). The van der Waals surface area contributed by atoms with Crippen LogP contribution in [0.4, 0.5) is 4.79 Å². The maximum absolute atomic E-state index is 11.0. The molecular formula is C8H15NO2S. The van der Waals surface area contributed by atoms with Crippen LogP contribution in [0.3, 0.4) is 0 Å². The predicted molar refractivity (Wildman–Crippen MR) is 52.5 cm³/mol. The molecule has 0 radical (unpaired) electrons. The quantitative estimate of drug-likeness (QED) is 0.674. The van der Waals surface area contributed by atoms with Gasteiger partial charge in [-0.15, -0.1) is 0 Å². The van der Waals surface area contributed by atoms with Crippen molar-refractivity contribution in [3.63, 3.8) is 0 Å². The molecule has 3 nitrogen and oxygen atoms in total. The van der Waals surface area contributed by atoms with Crippen molar-refractivity contribution in [2.75, 3.05) is 6.54 Å². The Bertz CT molecular complexity index is 184. The van der Waals surface area contributed by atoms with Crippen LogP contribution in [0.2, 0.25) is 0 Å². The van der Waals surface area contributed by atoms with E-state index in [2.05, 4.69) is 5.32 Å². The Balaban J connectivity index is 3.68. The van der Waals surface area contributed by atoms with Crippen molar-refractivity contribution in [1.82, 2.24) is 5.32 Å². The Morgan fingerprint density at radius 2 is 2.00 bits per heavy atom. The van der Waals surface area contributed by atoms with E-state index in [0.29, 0.717) is 6.54 Å². The molecule has 0 atom stereocenters. The number of carbonyl (C=O) groups is 1. The normalized spacial score (nSPS) is 10.7. The molecule has 0 saturated carbocycles. The van der Waals surface area contributed by atoms with Crippen LogP contribution < -0.4 is 5.32 Å². The fraction of sp³-hybridized carbons (Fsp3) is 0.750. The topological polar surface area (TPSA) is 38.3 Å². The van der Waals surface area contributed by atoms with Crippen molar-refractivity contribution in [2.45, 2.75) is 33.3 Å². The molecule has 12 heavy (non-hydrogen) atoms. The Hall–Kier alpha value is -0.640. The van der Waals surface area contributed by atoms with Crippen molar-refractivity contribution in [2.24, 2.45) is 0 Å². The molecule has 0 aromatic heterocycles. The average Bonchev–Trinajstić information content (AvgIpc) is 1.79. The van der Waals surface area contributed by atoms with E-state index in [0.717, 1.165) is 4.86 Å². The third-order valence-corrected chi connectivity index (χ3v) is 1.02. The lowest BCUT2D eigenvalue weighted by Crippen LogP contribution is -2.34. The lowest BCUT2D eigenvalue weighted by atomic mass is 10.2. The van der Waals surface area contributed by atoms with Crippen LogP contribution in [-0.2, 0) is 4.74 Å². The van der Waals surface area contributed by atoms with Gasteiger partial charge in [0.15, 0.2) is 0 Å². The second kappa shape index (κ2) is 4.40. The minimum absolute atomic E-state index is 0.393. The van der Waals surface area contributed by atoms with Crippen molar-refractivity contribution < 1.29 is 9.53 Å². The first-order chi connectivity index (χ1) is 5.31. The molecule has 0 aromatic rings. The number of nitrogens with one attached hydrogen (secondary N) is 1. The Morgan fingerprint density at radius 1 is 1.50 bits per heavy atom. The molecule has 0 saturated heterocycles. The summed E-state index contributed by atoms with van der Waals surface area (Å²) in [7, 11) is 0. The van der Waals surface area contributed by atoms with Gasteiger partial charge in [-0.25, -0.2) is 4.79 Å². The third kappa shape index (κ3) is 7.47. The molecule has 0 bridgehead atoms. The highest BCUT2D eigenvalue weighted by Crippen LogP contribution is 2.05. The van der Waals surface area contributed by atoms with Gasteiger partial charge in [-0.3, -0.25) is 0 Å². The second-order valence-electron chi connectivity index (χ2n) is 3.56. The van der Waals surface area contributed by atoms with Crippen molar-refractivity contribution in [3.8, 4) is 0 Å². The van der Waals surface area contributed by atoms with E-state index in [-0.39, 0.29) is 0 Å². The molecule has 1 amide bonds. The first-order valence-electron chi connectivity index (χ1n) is 3.77. The van der Waals surface area contributed by atoms with Gasteiger partial charge in [0.25, 0.3) is 0 Å². The fourth-order valence-electron chi connectivity index (χ4n) is 0.511. The summed E-state index contributed by atoms with van der Waals surface area (Å²) in [6.45, 7) is 7.61. The van der Waals surface area contributed by atoms with E-state index in [1.54, 1.807) is 6.92 Å². The van der Waals surface area contributed by atoms with Crippen molar-refractivity contribution in [1.29, 1.82) is 0 Å². The molecule has 4 heteroatoms. The van der Waals surface area contributed by atoms with Gasteiger partial charge in [0.1, 0.15) is 5.60 Å². The van der Waals surface area contributed by atoms with E-state index >= 15 is 0 Å². The van der Waals surface area contributed by atoms with Crippen LogP contribution >= 0.6 is 12.2 Å². The van der Waals surface area contributed by atoms with Gasteiger partial charge in [-0.05, 0) is 27.7 Å². The Morgan fingerprint density at radius 3 is 2.33 bits per heavy atom. The van der Waals surface area contributed by atoms with E-state index in [1.165, 1.54) is 0 Å². The second-order valence-corrected chi connectivity index (χ2v) is 4.25. The highest BCUT2D eigenvalue weighted by Gasteiger charge is 2.15. The van der Waals surface area contributed by atoms with Crippen LogP contribution in [0.25, 0.3) is 0 Å².